The average Bonchev–Trinajstić information content (AvgIpc) is 2.44. The van der Waals surface area contributed by atoms with Gasteiger partial charge in [0.15, 0.2) is 0 Å². The van der Waals surface area contributed by atoms with Crippen molar-refractivity contribution < 1.29 is 9.90 Å². The SMILES string of the molecule is CN(C)C(=O)c1cc(NCC2CCCC(O)C2)ccn1. The molecule has 2 unspecified atom stereocenters. The number of rotatable bonds is 4. The molecular formula is C15H23N3O2. The number of nitrogens with zero attached hydrogens (tertiary/aromatic N) is 2. The molecule has 110 valence electrons. The van der Waals surface area contributed by atoms with Crippen molar-refractivity contribution >= 4 is 11.6 Å². The number of amides is 1. The largest absolute Gasteiger partial charge is 0.393 e. The van der Waals surface area contributed by atoms with Crippen LogP contribution in [0.25, 0.3) is 0 Å². The molecule has 5 nitrogen and oxygen atoms in total. The van der Waals surface area contributed by atoms with Crippen molar-refractivity contribution in [2.75, 3.05) is 26.0 Å². The Kier molecular flexibility index (Phi) is 4.95. The van der Waals surface area contributed by atoms with Gasteiger partial charge in [-0.25, -0.2) is 0 Å². The zero-order valence-corrected chi connectivity index (χ0v) is 12.2. The maximum absolute atomic E-state index is 11.8. The summed E-state index contributed by atoms with van der Waals surface area (Å²) in [4.78, 5) is 17.5. The molecule has 1 aromatic heterocycles. The van der Waals surface area contributed by atoms with Gasteiger partial charge in [0.2, 0.25) is 0 Å². The van der Waals surface area contributed by atoms with Crippen LogP contribution >= 0.6 is 0 Å². The number of aliphatic hydroxyl groups excluding tert-OH is 1. The van der Waals surface area contributed by atoms with Crippen molar-refractivity contribution in [2.24, 2.45) is 5.92 Å². The Morgan fingerprint density at radius 1 is 1.50 bits per heavy atom. The van der Waals surface area contributed by atoms with Gasteiger partial charge in [-0.1, -0.05) is 6.42 Å². The van der Waals surface area contributed by atoms with Crippen molar-refractivity contribution in [2.45, 2.75) is 31.8 Å². The number of carbonyl (C=O) groups excluding carboxylic acids is 1. The van der Waals surface area contributed by atoms with E-state index in [4.69, 9.17) is 0 Å². The molecule has 1 fully saturated rings. The Labute approximate surface area is 120 Å². The maximum atomic E-state index is 11.8. The lowest BCUT2D eigenvalue weighted by atomic mass is 9.87. The van der Waals surface area contributed by atoms with Gasteiger partial charge in [-0.15, -0.1) is 0 Å². The van der Waals surface area contributed by atoms with Gasteiger partial charge in [-0.2, -0.15) is 0 Å². The average molecular weight is 277 g/mol. The van der Waals surface area contributed by atoms with Gasteiger partial charge in [-0.3, -0.25) is 9.78 Å². The molecule has 0 radical (unpaired) electrons. The summed E-state index contributed by atoms with van der Waals surface area (Å²) in [6.45, 7) is 0.830. The number of pyridine rings is 1. The van der Waals surface area contributed by atoms with Crippen LogP contribution in [0, 0.1) is 5.92 Å². The Balaban J connectivity index is 1.93. The lowest BCUT2D eigenvalue weighted by Crippen LogP contribution is -2.25. The van der Waals surface area contributed by atoms with Gasteiger partial charge in [0.1, 0.15) is 5.69 Å². The third-order valence-corrected chi connectivity index (χ3v) is 3.74. The molecule has 0 aliphatic heterocycles. The van der Waals surface area contributed by atoms with Crippen LogP contribution in [0.3, 0.4) is 0 Å². The zero-order chi connectivity index (χ0) is 14.5. The molecule has 0 saturated heterocycles. The van der Waals surface area contributed by atoms with E-state index >= 15 is 0 Å². The minimum absolute atomic E-state index is 0.0956. The maximum Gasteiger partial charge on any atom is 0.272 e. The molecule has 5 heteroatoms. The van der Waals surface area contributed by atoms with E-state index < -0.39 is 0 Å². The van der Waals surface area contributed by atoms with E-state index in [0.717, 1.165) is 37.9 Å². The number of hydrogen-bond acceptors (Lipinski definition) is 4. The Morgan fingerprint density at radius 3 is 3.00 bits per heavy atom. The second-order valence-corrected chi connectivity index (χ2v) is 5.70. The second-order valence-electron chi connectivity index (χ2n) is 5.70. The summed E-state index contributed by atoms with van der Waals surface area (Å²) in [5.41, 5.74) is 1.36. The van der Waals surface area contributed by atoms with E-state index in [0.29, 0.717) is 11.6 Å². The molecule has 1 heterocycles. The number of nitrogens with one attached hydrogen (secondary N) is 1. The van der Waals surface area contributed by atoms with Gasteiger partial charge in [0.25, 0.3) is 5.91 Å². The quantitative estimate of drug-likeness (QED) is 0.880. The van der Waals surface area contributed by atoms with Gasteiger partial charge < -0.3 is 15.3 Å². The highest BCUT2D eigenvalue weighted by molar-refractivity contribution is 5.92. The van der Waals surface area contributed by atoms with Crippen LogP contribution in [0.15, 0.2) is 18.3 Å². The van der Waals surface area contributed by atoms with Crippen LogP contribution in [0.2, 0.25) is 0 Å². The van der Waals surface area contributed by atoms with Crippen LogP contribution in [-0.4, -0.2) is 47.6 Å². The molecule has 1 aliphatic carbocycles. The summed E-state index contributed by atoms with van der Waals surface area (Å²) in [5.74, 6) is 0.404. The molecule has 2 rings (SSSR count). The van der Waals surface area contributed by atoms with Gasteiger partial charge in [0, 0.05) is 32.5 Å². The number of anilines is 1. The number of aromatic nitrogens is 1. The predicted molar refractivity (Wildman–Crippen MR) is 78.7 cm³/mol. The van der Waals surface area contributed by atoms with Crippen LogP contribution in [0.4, 0.5) is 5.69 Å². The number of aliphatic hydroxyl groups is 1. The summed E-state index contributed by atoms with van der Waals surface area (Å²) in [6, 6.07) is 3.65. The van der Waals surface area contributed by atoms with E-state index in [1.165, 1.54) is 4.90 Å². The summed E-state index contributed by atoms with van der Waals surface area (Å²) < 4.78 is 0. The van der Waals surface area contributed by atoms with Gasteiger partial charge in [-0.05, 0) is 37.3 Å². The highest BCUT2D eigenvalue weighted by Gasteiger charge is 2.19. The fraction of sp³-hybridized carbons (Fsp3) is 0.600. The van der Waals surface area contributed by atoms with E-state index in [1.807, 2.05) is 6.07 Å². The van der Waals surface area contributed by atoms with Crippen LogP contribution in [0.1, 0.15) is 36.2 Å². The van der Waals surface area contributed by atoms with E-state index in [2.05, 4.69) is 10.3 Å². The number of carbonyl (C=O) groups is 1. The summed E-state index contributed by atoms with van der Waals surface area (Å²) >= 11 is 0. The minimum atomic E-state index is -0.154. The molecule has 0 spiro atoms. The third-order valence-electron chi connectivity index (χ3n) is 3.74. The van der Waals surface area contributed by atoms with Crippen molar-refractivity contribution in [1.82, 2.24) is 9.88 Å². The van der Waals surface area contributed by atoms with Crippen LogP contribution in [-0.2, 0) is 0 Å². The van der Waals surface area contributed by atoms with Crippen molar-refractivity contribution in [3.63, 3.8) is 0 Å². The first kappa shape index (κ1) is 14.8. The lowest BCUT2D eigenvalue weighted by Gasteiger charge is -2.26. The van der Waals surface area contributed by atoms with Crippen LogP contribution < -0.4 is 5.32 Å². The highest BCUT2D eigenvalue weighted by atomic mass is 16.3. The molecule has 20 heavy (non-hydrogen) atoms. The van der Waals surface area contributed by atoms with E-state index in [-0.39, 0.29) is 12.0 Å². The molecule has 1 saturated carbocycles. The van der Waals surface area contributed by atoms with Crippen molar-refractivity contribution in [3.8, 4) is 0 Å². The first-order valence-corrected chi connectivity index (χ1v) is 7.16. The summed E-state index contributed by atoms with van der Waals surface area (Å²) in [6.07, 6.45) is 5.52. The van der Waals surface area contributed by atoms with Gasteiger partial charge >= 0.3 is 0 Å². The first-order valence-electron chi connectivity index (χ1n) is 7.16. The third kappa shape index (κ3) is 3.93. The van der Waals surface area contributed by atoms with Gasteiger partial charge in [0.05, 0.1) is 6.10 Å². The minimum Gasteiger partial charge on any atom is -0.393 e. The monoisotopic (exact) mass is 277 g/mol. The molecule has 2 atom stereocenters. The molecule has 0 bridgehead atoms. The molecule has 1 amide bonds. The first-order chi connectivity index (χ1) is 9.56. The normalized spacial score (nSPS) is 22.4. The highest BCUT2D eigenvalue weighted by Crippen LogP contribution is 2.24. The zero-order valence-electron chi connectivity index (χ0n) is 12.2. The predicted octanol–water partition coefficient (Wildman–Crippen LogP) is 1.75. The number of hydrogen-bond donors (Lipinski definition) is 2. The Morgan fingerprint density at radius 2 is 2.30 bits per heavy atom. The molecular weight excluding hydrogens is 254 g/mol. The van der Waals surface area contributed by atoms with Crippen molar-refractivity contribution in [1.29, 1.82) is 0 Å². The van der Waals surface area contributed by atoms with Crippen molar-refractivity contribution in [3.05, 3.63) is 24.0 Å². The lowest BCUT2D eigenvalue weighted by molar-refractivity contribution is 0.0822. The second kappa shape index (κ2) is 6.70. The molecule has 0 aromatic carbocycles. The fourth-order valence-electron chi connectivity index (χ4n) is 2.60. The van der Waals surface area contributed by atoms with E-state index in [1.54, 1.807) is 26.4 Å². The standard InChI is InChI=1S/C15H23N3O2/c1-18(2)15(20)14-9-12(6-7-16-14)17-10-11-4-3-5-13(19)8-11/h6-7,9,11,13,19H,3-5,8,10H2,1-2H3,(H,16,17). The molecule has 2 N–H and O–H groups in total. The Hall–Kier alpha value is -1.62. The summed E-state index contributed by atoms with van der Waals surface area (Å²) in [7, 11) is 3.43. The molecule has 1 aliphatic rings. The fourth-order valence-corrected chi connectivity index (χ4v) is 2.60. The van der Waals surface area contributed by atoms with E-state index in [9.17, 15) is 9.90 Å². The Bertz CT molecular complexity index is 462. The summed E-state index contributed by atoms with van der Waals surface area (Å²) in [5, 5.41) is 13.0. The smallest absolute Gasteiger partial charge is 0.272 e. The topological polar surface area (TPSA) is 65.5 Å². The van der Waals surface area contributed by atoms with Crippen LogP contribution in [0.5, 0.6) is 0 Å². The molecule has 1 aromatic rings.